The fourth-order valence-electron chi connectivity index (χ4n) is 2.46. The zero-order chi connectivity index (χ0) is 11.7. The maximum Gasteiger partial charge on any atom is 0.240 e. The summed E-state index contributed by atoms with van der Waals surface area (Å²) < 4.78 is 5.21. The van der Waals surface area contributed by atoms with Crippen LogP contribution in [-0.4, -0.2) is 17.2 Å². The molecule has 0 spiro atoms. The quantitative estimate of drug-likeness (QED) is 0.873. The molecule has 88 valence electrons. The molecule has 1 aliphatic carbocycles. The summed E-state index contributed by atoms with van der Waals surface area (Å²) >= 11 is 0. The van der Waals surface area contributed by atoms with Gasteiger partial charge in [0.2, 0.25) is 5.89 Å². The van der Waals surface area contributed by atoms with E-state index in [0.717, 1.165) is 18.7 Å². The van der Waals surface area contributed by atoms with E-state index in [-0.39, 0.29) is 0 Å². The van der Waals surface area contributed by atoms with Gasteiger partial charge in [-0.2, -0.15) is 4.98 Å². The summed E-state index contributed by atoms with van der Waals surface area (Å²) in [4.78, 5) is 4.44. The molecule has 1 N–H and O–H groups in total. The van der Waals surface area contributed by atoms with E-state index in [1.807, 2.05) is 7.05 Å². The Hall–Kier alpha value is -1.68. The molecule has 1 heterocycles. The molecule has 4 heteroatoms. The first-order valence-electron chi connectivity index (χ1n) is 5.93. The van der Waals surface area contributed by atoms with E-state index in [1.54, 1.807) is 0 Å². The fraction of sp³-hybridized carbons (Fsp3) is 0.385. The molecule has 2 aromatic rings. The fourth-order valence-corrected chi connectivity index (χ4v) is 2.46. The minimum atomic E-state index is 0.306. The van der Waals surface area contributed by atoms with Crippen molar-refractivity contribution in [1.29, 1.82) is 0 Å². The van der Waals surface area contributed by atoms with E-state index in [2.05, 4.69) is 39.7 Å². The molecule has 1 unspecified atom stereocenters. The zero-order valence-electron chi connectivity index (χ0n) is 9.81. The highest BCUT2D eigenvalue weighted by Crippen LogP contribution is 2.36. The van der Waals surface area contributed by atoms with Crippen LogP contribution < -0.4 is 5.32 Å². The van der Waals surface area contributed by atoms with Crippen LogP contribution in [-0.2, 0) is 13.0 Å². The van der Waals surface area contributed by atoms with Crippen molar-refractivity contribution in [3.8, 4) is 0 Å². The predicted molar refractivity (Wildman–Crippen MR) is 63.7 cm³/mol. The van der Waals surface area contributed by atoms with Crippen LogP contribution in [0.1, 0.15) is 35.2 Å². The van der Waals surface area contributed by atoms with E-state index >= 15 is 0 Å². The molecule has 0 saturated carbocycles. The number of hydrogen-bond acceptors (Lipinski definition) is 4. The molecular formula is C13H15N3O. The molecule has 17 heavy (non-hydrogen) atoms. The molecule has 3 rings (SSSR count). The predicted octanol–water partition coefficient (Wildman–Crippen LogP) is 1.87. The number of hydrogen-bond donors (Lipinski definition) is 1. The van der Waals surface area contributed by atoms with E-state index in [4.69, 9.17) is 4.52 Å². The maximum atomic E-state index is 5.21. The lowest BCUT2D eigenvalue weighted by Gasteiger charge is -2.05. The number of nitrogens with one attached hydrogen (secondary N) is 1. The van der Waals surface area contributed by atoms with Gasteiger partial charge in [-0.1, -0.05) is 29.4 Å². The van der Waals surface area contributed by atoms with Crippen molar-refractivity contribution in [3.05, 3.63) is 47.1 Å². The van der Waals surface area contributed by atoms with Crippen molar-refractivity contribution in [2.24, 2.45) is 0 Å². The summed E-state index contributed by atoms with van der Waals surface area (Å²) in [5.41, 5.74) is 2.77. The van der Waals surface area contributed by atoms with Gasteiger partial charge in [-0.3, -0.25) is 0 Å². The van der Waals surface area contributed by atoms with Gasteiger partial charge in [0.1, 0.15) is 0 Å². The van der Waals surface area contributed by atoms with Gasteiger partial charge >= 0.3 is 0 Å². The molecule has 0 amide bonds. The standard InChI is InChI=1S/C13H15N3O/c1-14-8-12-15-13(16-17-12)11-7-6-9-4-2-3-5-10(9)11/h2-5,11,14H,6-8H2,1H3. The number of aryl methyl sites for hydroxylation is 1. The molecule has 0 bridgehead atoms. The van der Waals surface area contributed by atoms with E-state index in [9.17, 15) is 0 Å². The second-order valence-electron chi connectivity index (χ2n) is 4.37. The highest BCUT2D eigenvalue weighted by atomic mass is 16.5. The van der Waals surface area contributed by atoms with Gasteiger partial charge in [0.15, 0.2) is 5.82 Å². The lowest BCUT2D eigenvalue weighted by molar-refractivity contribution is 0.365. The molecule has 1 aliphatic rings. The molecule has 1 aromatic heterocycles. The normalized spacial score (nSPS) is 18.3. The van der Waals surface area contributed by atoms with Crippen LogP contribution in [0.4, 0.5) is 0 Å². The first kappa shape index (κ1) is 10.5. The van der Waals surface area contributed by atoms with Crippen LogP contribution in [0.25, 0.3) is 0 Å². The van der Waals surface area contributed by atoms with Crippen molar-refractivity contribution < 1.29 is 4.52 Å². The zero-order valence-corrected chi connectivity index (χ0v) is 9.81. The molecule has 1 atom stereocenters. The Kier molecular flexibility index (Phi) is 2.65. The second kappa shape index (κ2) is 4.30. The van der Waals surface area contributed by atoms with E-state index in [1.165, 1.54) is 11.1 Å². The minimum absolute atomic E-state index is 0.306. The number of rotatable bonds is 3. The van der Waals surface area contributed by atoms with Gasteiger partial charge in [0, 0.05) is 5.92 Å². The summed E-state index contributed by atoms with van der Waals surface area (Å²) in [7, 11) is 1.87. The van der Waals surface area contributed by atoms with Crippen LogP contribution in [0.3, 0.4) is 0 Å². The van der Waals surface area contributed by atoms with Gasteiger partial charge in [-0.15, -0.1) is 0 Å². The largest absolute Gasteiger partial charge is 0.338 e. The van der Waals surface area contributed by atoms with Crippen molar-refractivity contribution in [3.63, 3.8) is 0 Å². The number of nitrogens with zero attached hydrogens (tertiary/aromatic N) is 2. The summed E-state index contributed by atoms with van der Waals surface area (Å²) in [5.74, 6) is 1.78. The SMILES string of the molecule is CNCc1nc(C2CCc3ccccc32)no1. The second-order valence-corrected chi connectivity index (χ2v) is 4.37. The Morgan fingerprint density at radius 2 is 2.29 bits per heavy atom. The third kappa shape index (κ3) is 1.85. The highest BCUT2D eigenvalue weighted by Gasteiger charge is 2.27. The lowest BCUT2D eigenvalue weighted by atomic mass is 10.0. The van der Waals surface area contributed by atoms with Gasteiger partial charge in [0.05, 0.1) is 6.54 Å². The summed E-state index contributed by atoms with van der Waals surface area (Å²) in [6.45, 7) is 0.626. The average molecular weight is 229 g/mol. The van der Waals surface area contributed by atoms with Crippen LogP contribution in [0.15, 0.2) is 28.8 Å². The average Bonchev–Trinajstić information content (AvgIpc) is 2.95. The Morgan fingerprint density at radius 3 is 3.18 bits per heavy atom. The van der Waals surface area contributed by atoms with Crippen LogP contribution in [0, 0.1) is 0 Å². The van der Waals surface area contributed by atoms with Crippen molar-refractivity contribution >= 4 is 0 Å². The smallest absolute Gasteiger partial charge is 0.240 e. The Labute approximate surface area is 100 Å². The Balaban J connectivity index is 1.90. The van der Waals surface area contributed by atoms with Gasteiger partial charge < -0.3 is 9.84 Å². The third-order valence-electron chi connectivity index (χ3n) is 3.26. The first-order chi connectivity index (χ1) is 8.38. The molecule has 4 nitrogen and oxygen atoms in total. The molecule has 1 aromatic carbocycles. The number of aromatic nitrogens is 2. The summed E-state index contributed by atoms with van der Waals surface area (Å²) in [5, 5.41) is 7.10. The first-order valence-corrected chi connectivity index (χ1v) is 5.93. The molecule has 0 radical (unpaired) electrons. The van der Waals surface area contributed by atoms with E-state index < -0.39 is 0 Å². The Morgan fingerprint density at radius 1 is 1.41 bits per heavy atom. The van der Waals surface area contributed by atoms with Crippen LogP contribution in [0.2, 0.25) is 0 Å². The molecule has 0 fully saturated rings. The van der Waals surface area contributed by atoms with Crippen LogP contribution >= 0.6 is 0 Å². The highest BCUT2D eigenvalue weighted by molar-refractivity contribution is 5.38. The number of fused-ring (bicyclic) bond motifs is 1. The van der Waals surface area contributed by atoms with Crippen molar-refractivity contribution in [1.82, 2.24) is 15.5 Å². The van der Waals surface area contributed by atoms with E-state index in [0.29, 0.717) is 18.4 Å². The van der Waals surface area contributed by atoms with Gasteiger partial charge in [-0.05, 0) is 31.0 Å². The summed E-state index contributed by atoms with van der Waals surface area (Å²) in [6.07, 6.45) is 2.19. The van der Waals surface area contributed by atoms with Gasteiger partial charge in [-0.25, -0.2) is 0 Å². The monoisotopic (exact) mass is 229 g/mol. The Bertz CT molecular complexity index is 521. The van der Waals surface area contributed by atoms with Crippen LogP contribution in [0.5, 0.6) is 0 Å². The lowest BCUT2D eigenvalue weighted by Crippen LogP contribution is -2.05. The van der Waals surface area contributed by atoms with Crippen molar-refractivity contribution in [2.45, 2.75) is 25.3 Å². The molecule has 0 saturated heterocycles. The van der Waals surface area contributed by atoms with Gasteiger partial charge in [0.25, 0.3) is 0 Å². The van der Waals surface area contributed by atoms with Crippen molar-refractivity contribution in [2.75, 3.05) is 7.05 Å². The third-order valence-corrected chi connectivity index (χ3v) is 3.26. The topological polar surface area (TPSA) is 51.0 Å². The summed E-state index contributed by atoms with van der Waals surface area (Å²) in [6, 6.07) is 8.51. The molecular weight excluding hydrogens is 214 g/mol. The minimum Gasteiger partial charge on any atom is -0.338 e. The molecule has 0 aliphatic heterocycles. The maximum absolute atomic E-state index is 5.21. The number of benzene rings is 1.